The van der Waals surface area contributed by atoms with Crippen molar-refractivity contribution in [2.24, 2.45) is 0 Å². The number of nitrogens with zero attached hydrogens (tertiary/aromatic N) is 3. The molecule has 3 aliphatic rings. The minimum atomic E-state index is -0.664. The summed E-state index contributed by atoms with van der Waals surface area (Å²) < 4.78 is 5.36. The summed E-state index contributed by atoms with van der Waals surface area (Å²) in [4.78, 5) is 34.1. The zero-order valence-corrected chi connectivity index (χ0v) is 26.8. The molecule has 7 nitrogen and oxygen atoms in total. The van der Waals surface area contributed by atoms with E-state index < -0.39 is 5.41 Å². The quantitative estimate of drug-likeness (QED) is 0.243. The van der Waals surface area contributed by atoms with Crippen molar-refractivity contribution in [1.29, 1.82) is 0 Å². The normalized spacial score (nSPS) is 16.6. The van der Waals surface area contributed by atoms with E-state index in [1.807, 2.05) is 36.1 Å². The lowest BCUT2D eigenvalue weighted by molar-refractivity contribution is -0.125. The fourth-order valence-corrected chi connectivity index (χ4v) is 7.73. The van der Waals surface area contributed by atoms with Crippen molar-refractivity contribution in [1.82, 2.24) is 15.1 Å². The highest BCUT2D eigenvalue weighted by molar-refractivity contribution is 6.01. The van der Waals surface area contributed by atoms with Crippen LogP contribution >= 0.6 is 0 Å². The fourth-order valence-electron chi connectivity index (χ4n) is 7.73. The first kappa shape index (κ1) is 30.1. The van der Waals surface area contributed by atoms with E-state index in [1.54, 1.807) is 7.11 Å². The largest absolute Gasteiger partial charge is 0.497 e. The highest BCUT2D eigenvalue weighted by Gasteiger charge is 2.48. The lowest BCUT2D eigenvalue weighted by Gasteiger charge is -2.37. The molecule has 0 saturated carbocycles. The maximum absolute atomic E-state index is 13.9. The van der Waals surface area contributed by atoms with Gasteiger partial charge in [-0.25, -0.2) is 0 Å². The van der Waals surface area contributed by atoms with Crippen molar-refractivity contribution < 1.29 is 14.3 Å². The first-order chi connectivity index (χ1) is 22.5. The van der Waals surface area contributed by atoms with Crippen molar-refractivity contribution in [3.8, 4) is 16.9 Å². The van der Waals surface area contributed by atoms with Crippen LogP contribution in [-0.4, -0.2) is 68.0 Å². The average molecular weight is 615 g/mol. The van der Waals surface area contributed by atoms with E-state index in [1.165, 1.54) is 11.1 Å². The summed E-state index contributed by atoms with van der Waals surface area (Å²) in [6, 6.07) is 31.1. The predicted octanol–water partition coefficient (Wildman–Crippen LogP) is 5.86. The van der Waals surface area contributed by atoms with Gasteiger partial charge in [0.15, 0.2) is 0 Å². The first-order valence-electron chi connectivity index (χ1n) is 16.5. The first-order valence-corrected chi connectivity index (χ1v) is 16.5. The number of carbonyl (C=O) groups is 2. The molecule has 1 aliphatic carbocycles. The highest BCUT2D eigenvalue weighted by Crippen LogP contribution is 2.51. The van der Waals surface area contributed by atoms with Gasteiger partial charge in [-0.05, 0) is 84.0 Å². The molecule has 236 valence electrons. The van der Waals surface area contributed by atoms with Crippen molar-refractivity contribution in [3.05, 3.63) is 119 Å². The number of hydrogen-bond donors (Lipinski definition) is 1. The van der Waals surface area contributed by atoms with Gasteiger partial charge < -0.3 is 19.9 Å². The molecule has 0 bridgehead atoms. The van der Waals surface area contributed by atoms with Crippen molar-refractivity contribution in [2.45, 2.75) is 38.3 Å². The Balaban J connectivity index is 0.985. The van der Waals surface area contributed by atoms with E-state index in [-0.39, 0.29) is 11.8 Å². The summed E-state index contributed by atoms with van der Waals surface area (Å²) in [7, 11) is 1.66. The van der Waals surface area contributed by atoms with Crippen LogP contribution in [-0.2, 0) is 23.3 Å². The molecule has 1 N–H and O–H groups in total. The van der Waals surface area contributed by atoms with Crippen LogP contribution in [0.3, 0.4) is 0 Å². The summed E-state index contributed by atoms with van der Waals surface area (Å²) in [6.45, 7) is 8.48. The standard InChI is InChI=1S/C39H42N4O3/c1-3-40-38(45)39(35-14-6-4-12-32(35)33-13-5-7-15-36(33)39)18-9-19-41-20-22-42(23-21-41)30-17-16-29-27-43(37(44)34(29)25-30)26-28-10-8-11-31(24-28)46-2/h4-8,10-17,24-25H,3,9,18-23,26-27H2,1-2H3,(H,40,45). The SMILES string of the molecule is CCNC(=O)C1(CCCN2CCN(c3ccc4c(c3)C(=O)N(Cc3cccc(OC)c3)C4)CC2)c2ccccc2-c2ccccc21. The second-order valence-electron chi connectivity index (χ2n) is 12.6. The Morgan fingerprint density at radius 2 is 1.57 bits per heavy atom. The smallest absolute Gasteiger partial charge is 0.254 e. The van der Waals surface area contributed by atoms with Gasteiger partial charge in [0.2, 0.25) is 5.91 Å². The molecule has 2 heterocycles. The Morgan fingerprint density at radius 1 is 0.848 bits per heavy atom. The number of rotatable bonds is 10. The molecule has 4 aromatic rings. The number of ether oxygens (including phenoxy) is 1. The monoisotopic (exact) mass is 614 g/mol. The van der Waals surface area contributed by atoms with Crippen LogP contribution in [0.4, 0.5) is 5.69 Å². The summed E-state index contributed by atoms with van der Waals surface area (Å²) in [5, 5.41) is 3.17. The minimum Gasteiger partial charge on any atom is -0.497 e. The van der Waals surface area contributed by atoms with E-state index in [2.05, 4.69) is 81.8 Å². The zero-order chi connectivity index (χ0) is 31.7. The average Bonchev–Trinajstić information content (AvgIpc) is 3.56. The molecule has 1 fully saturated rings. The Bertz CT molecular complexity index is 1710. The highest BCUT2D eigenvalue weighted by atomic mass is 16.5. The molecular formula is C39H42N4O3. The molecule has 0 aromatic heterocycles. The van der Waals surface area contributed by atoms with E-state index in [0.717, 1.165) is 84.8 Å². The molecule has 2 amide bonds. The number of carbonyl (C=O) groups excluding carboxylic acids is 2. The zero-order valence-electron chi connectivity index (χ0n) is 26.8. The van der Waals surface area contributed by atoms with Gasteiger partial charge in [0.1, 0.15) is 11.2 Å². The lowest BCUT2D eigenvalue weighted by Crippen LogP contribution is -2.47. The Morgan fingerprint density at radius 3 is 2.26 bits per heavy atom. The Labute approximate surface area is 271 Å². The summed E-state index contributed by atoms with van der Waals surface area (Å²) in [5.41, 5.74) is 8.02. The van der Waals surface area contributed by atoms with Gasteiger partial charge in [-0.15, -0.1) is 0 Å². The van der Waals surface area contributed by atoms with Gasteiger partial charge in [-0.1, -0.05) is 66.7 Å². The van der Waals surface area contributed by atoms with Crippen LogP contribution in [0.25, 0.3) is 11.1 Å². The molecule has 2 aliphatic heterocycles. The van der Waals surface area contributed by atoms with Gasteiger partial charge in [-0.2, -0.15) is 0 Å². The van der Waals surface area contributed by atoms with E-state index in [0.29, 0.717) is 19.6 Å². The van der Waals surface area contributed by atoms with Crippen molar-refractivity contribution >= 4 is 17.5 Å². The van der Waals surface area contributed by atoms with Crippen molar-refractivity contribution in [2.75, 3.05) is 51.3 Å². The maximum Gasteiger partial charge on any atom is 0.254 e. The number of hydrogen-bond acceptors (Lipinski definition) is 5. The van der Waals surface area contributed by atoms with Crippen LogP contribution < -0.4 is 15.0 Å². The third kappa shape index (κ3) is 5.32. The fraction of sp³-hybridized carbons (Fsp3) is 0.333. The molecule has 0 radical (unpaired) electrons. The Kier molecular flexibility index (Phi) is 8.26. The molecule has 46 heavy (non-hydrogen) atoms. The summed E-state index contributed by atoms with van der Waals surface area (Å²) >= 11 is 0. The number of nitrogens with one attached hydrogen (secondary N) is 1. The second kappa shape index (κ2) is 12.6. The van der Waals surface area contributed by atoms with E-state index in [4.69, 9.17) is 4.74 Å². The number of anilines is 1. The number of piperazine rings is 1. The Hall–Kier alpha value is -4.62. The van der Waals surface area contributed by atoms with E-state index in [9.17, 15) is 9.59 Å². The number of benzene rings is 4. The second-order valence-corrected chi connectivity index (χ2v) is 12.6. The van der Waals surface area contributed by atoms with Gasteiger partial charge in [0.05, 0.1) is 7.11 Å². The molecule has 4 aromatic carbocycles. The molecular weight excluding hydrogens is 572 g/mol. The van der Waals surface area contributed by atoms with Gasteiger partial charge >= 0.3 is 0 Å². The maximum atomic E-state index is 13.9. The summed E-state index contributed by atoms with van der Waals surface area (Å²) in [5.74, 6) is 0.999. The van der Waals surface area contributed by atoms with Gasteiger partial charge in [-0.3, -0.25) is 14.5 Å². The topological polar surface area (TPSA) is 65.1 Å². The number of amides is 2. The van der Waals surface area contributed by atoms with Crippen LogP contribution in [0.15, 0.2) is 91.0 Å². The lowest BCUT2D eigenvalue weighted by atomic mass is 9.73. The van der Waals surface area contributed by atoms with Crippen LogP contribution in [0.5, 0.6) is 5.75 Å². The molecule has 0 spiro atoms. The third-order valence-electron chi connectivity index (χ3n) is 10.0. The summed E-state index contributed by atoms with van der Waals surface area (Å²) in [6.07, 6.45) is 1.70. The van der Waals surface area contributed by atoms with Gasteiger partial charge in [0.25, 0.3) is 5.91 Å². The van der Waals surface area contributed by atoms with Crippen LogP contribution in [0.2, 0.25) is 0 Å². The number of fused-ring (bicyclic) bond motifs is 4. The number of methoxy groups -OCH3 is 1. The third-order valence-corrected chi connectivity index (χ3v) is 10.0. The van der Waals surface area contributed by atoms with E-state index >= 15 is 0 Å². The van der Waals surface area contributed by atoms with Crippen LogP contribution in [0.1, 0.15) is 52.4 Å². The molecule has 0 atom stereocenters. The van der Waals surface area contributed by atoms with Gasteiger partial charge in [0, 0.05) is 57.1 Å². The van der Waals surface area contributed by atoms with Crippen LogP contribution in [0, 0.1) is 0 Å². The molecule has 7 rings (SSSR count). The predicted molar refractivity (Wildman–Crippen MR) is 182 cm³/mol. The molecule has 7 heteroatoms. The number of likely N-dealkylation sites (N-methyl/N-ethyl adjacent to an activating group) is 1. The van der Waals surface area contributed by atoms with Crippen molar-refractivity contribution in [3.63, 3.8) is 0 Å². The molecule has 1 saturated heterocycles. The minimum absolute atomic E-state index is 0.0920. The molecule has 0 unspecified atom stereocenters.